The molecule has 0 aromatic carbocycles. The van der Waals surface area contributed by atoms with Crippen LogP contribution in [-0.2, 0) is 11.5 Å². The number of carbonyl (C=O) groups excluding carboxylic acids is 1. The van der Waals surface area contributed by atoms with Gasteiger partial charge in [-0.2, -0.15) is 10.4 Å². The largest absolute Gasteiger partial charge is 0.364 e. The molecule has 0 radical (unpaired) electrons. The summed E-state index contributed by atoms with van der Waals surface area (Å²) in [6.07, 6.45) is 10.0. The fourth-order valence-electron chi connectivity index (χ4n) is 4.69. The van der Waals surface area contributed by atoms with E-state index in [1.165, 1.54) is 6.33 Å². The van der Waals surface area contributed by atoms with E-state index in [-0.39, 0.29) is 11.7 Å². The van der Waals surface area contributed by atoms with Crippen LogP contribution in [0.3, 0.4) is 0 Å². The van der Waals surface area contributed by atoms with Gasteiger partial charge in [-0.25, -0.2) is 9.97 Å². The van der Waals surface area contributed by atoms with Gasteiger partial charge < -0.3 is 15.0 Å². The Morgan fingerprint density at radius 2 is 2.09 bits per heavy atom. The summed E-state index contributed by atoms with van der Waals surface area (Å²) < 4.78 is 9.61. The van der Waals surface area contributed by atoms with Crippen molar-refractivity contribution in [2.45, 2.75) is 70.6 Å². The normalized spacial score (nSPS) is 15.6. The van der Waals surface area contributed by atoms with Crippen LogP contribution in [0.15, 0.2) is 24.8 Å². The fourth-order valence-corrected chi connectivity index (χ4v) is 5.45. The highest BCUT2D eigenvalue weighted by molar-refractivity contribution is 6.76. The Hall–Kier alpha value is -3.03. The summed E-state index contributed by atoms with van der Waals surface area (Å²) in [5.41, 5.74) is 7.78. The van der Waals surface area contributed by atoms with Crippen molar-refractivity contribution >= 4 is 25.0 Å². The number of fused-ring (bicyclic) bond motifs is 1. The predicted molar refractivity (Wildman–Crippen MR) is 133 cm³/mol. The molecule has 10 heteroatoms. The van der Waals surface area contributed by atoms with Gasteiger partial charge in [-0.05, 0) is 30.9 Å². The SMILES string of the molecule is C[Si](C)(C)CCOCn1ccc2c(-c3cn(C(CC#N)C4CCCC4)nc3C(N)=O)ncnc21. The van der Waals surface area contributed by atoms with E-state index in [2.05, 4.69) is 40.8 Å². The van der Waals surface area contributed by atoms with E-state index in [9.17, 15) is 10.1 Å². The zero-order valence-electron chi connectivity index (χ0n) is 20.2. The number of ether oxygens (including phenoxy) is 1. The number of nitrogens with two attached hydrogens (primary N) is 1. The first kappa shape index (κ1) is 24.1. The predicted octanol–water partition coefficient (Wildman–Crippen LogP) is 4.35. The molecule has 1 aliphatic rings. The molecular formula is C24H33N7O2Si. The molecule has 34 heavy (non-hydrogen) atoms. The van der Waals surface area contributed by atoms with Crippen LogP contribution in [0.25, 0.3) is 22.3 Å². The number of amides is 1. The van der Waals surface area contributed by atoms with Gasteiger partial charge in [0.15, 0.2) is 5.69 Å². The fraction of sp³-hybridized carbons (Fsp3) is 0.542. The summed E-state index contributed by atoms with van der Waals surface area (Å²) in [6.45, 7) is 8.09. The molecule has 1 saturated carbocycles. The average Bonchev–Trinajstić information content (AvgIpc) is 3.54. The second kappa shape index (κ2) is 10.1. The molecule has 0 spiro atoms. The van der Waals surface area contributed by atoms with Crippen molar-refractivity contribution in [2.75, 3.05) is 6.61 Å². The molecule has 0 aliphatic heterocycles. The summed E-state index contributed by atoms with van der Waals surface area (Å²) in [6, 6.07) is 5.23. The number of nitriles is 1. The third kappa shape index (κ3) is 5.21. The number of rotatable bonds is 10. The zero-order chi connectivity index (χ0) is 24.3. The number of aromatic nitrogens is 5. The lowest BCUT2D eigenvalue weighted by Crippen LogP contribution is -2.22. The molecule has 1 amide bonds. The molecule has 0 saturated heterocycles. The maximum Gasteiger partial charge on any atom is 0.269 e. The molecule has 1 atom stereocenters. The lowest BCUT2D eigenvalue weighted by molar-refractivity contribution is 0.0898. The van der Waals surface area contributed by atoms with Crippen molar-refractivity contribution < 1.29 is 9.53 Å². The lowest BCUT2D eigenvalue weighted by Gasteiger charge is -2.21. The van der Waals surface area contributed by atoms with Gasteiger partial charge in [0.25, 0.3) is 5.91 Å². The Balaban J connectivity index is 1.66. The van der Waals surface area contributed by atoms with Gasteiger partial charge in [0.1, 0.15) is 18.7 Å². The highest BCUT2D eigenvalue weighted by Crippen LogP contribution is 2.37. The minimum absolute atomic E-state index is 0.0824. The average molecular weight is 480 g/mol. The monoisotopic (exact) mass is 479 g/mol. The van der Waals surface area contributed by atoms with Crippen LogP contribution < -0.4 is 5.73 Å². The van der Waals surface area contributed by atoms with Crippen molar-refractivity contribution in [3.63, 3.8) is 0 Å². The third-order valence-corrected chi connectivity index (χ3v) is 8.29. The first-order valence-electron chi connectivity index (χ1n) is 11.9. The van der Waals surface area contributed by atoms with Crippen molar-refractivity contribution in [3.05, 3.63) is 30.5 Å². The summed E-state index contributed by atoms with van der Waals surface area (Å²) in [4.78, 5) is 21.3. The third-order valence-electron chi connectivity index (χ3n) is 6.59. The van der Waals surface area contributed by atoms with Crippen LogP contribution in [-0.4, -0.2) is 44.9 Å². The highest BCUT2D eigenvalue weighted by atomic mass is 28.3. The summed E-state index contributed by atoms with van der Waals surface area (Å²) in [5, 5.41) is 14.8. The molecule has 4 rings (SSSR count). The molecule has 2 N–H and O–H groups in total. The first-order chi connectivity index (χ1) is 16.3. The van der Waals surface area contributed by atoms with Crippen molar-refractivity contribution in [1.29, 1.82) is 5.26 Å². The molecule has 1 fully saturated rings. The van der Waals surface area contributed by atoms with Crippen molar-refractivity contribution in [3.8, 4) is 17.3 Å². The Kier molecular flexibility index (Phi) is 7.14. The van der Waals surface area contributed by atoms with Crippen LogP contribution in [0.1, 0.15) is 48.6 Å². The first-order valence-corrected chi connectivity index (χ1v) is 15.6. The standard InChI is InChI=1S/C24H33N7O2Si/c1-34(2,3)13-12-33-16-30-11-9-18-21(27-15-28-24(18)30)19-14-31(29-22(19)23(26)32)20(8-10-25)17-6-4-5-7-17/h9,11,14-15,17,20H,4-8,12-13,16H2,1-3H3,(H2,26,32). The van der Waals surface area contributed by atoms with Gasteiger partial charge in [-0.15, -0.1) is 0 Å². The molecular weight excluding hydrogens is 446 g/mol. The minimum Gasteiger partial charge on any atom is -0.364 e. The zero-order valence-corrected chi connectivity index (χ0v) is 21.2. The molecule has 9 nitrogen and oxygen atoms in total. The summed E-state index contributed by atoms with van der Waals surface area (Å²) >= 11 is 0. The molecule has 1 unspecified atom stereocenters. The molecule has 180 valence electrons. The van der Waals surface area contributed by atoms with Crippen LogP contribution in [0.2, 0.25) is 25.7 Å². The second-order valence-corrected chi connectivity index (χ2v) is 15.9. The summed E-state index contributed by atoms with van der Waals surface area (Å²) in [7, 11) is -1.16. The van der Waals surface area contributed by atoms with Crippen LogP contribution in [0.4, 0.5) is 0 Å². The molecule has 1 aliphatic carbocycles. The van der Waals surface area contributed by atoms with E-state index in [0.29, 0.717) is 36.9 Å². The topological polar surface area (TPSA) is 125 Å². The van der Waals surface area contributed by atoms with Gasteiger partial charge in [0, 0.05) is 32.5 Å². The number of primary amides is 1. The second-order valence-electron chi connectivity index (χ2n) is 10.3. The van der Waals surface area contributed by atoms with Crippen molar-refractivity contribution in [1.82, 2.24) is 24.3 Å². The number of nitrogens with zero attached hydrogens (tertiary/aromatic N) is 6. The summed E-state index contributed by atoms with van der Waals surface area (Å²) in [5.74, 6) is -0.246. The molecule has 3 aromatic rings. The molecule has 3 heterocycles. The van der Waals surface area contributed by atoms with Gasteiger partial charge >= 0.3 is 0 Å². The van der Waals surface area contributed by atoms with Crippen LogP contribution in [0, 0.1) is 17.2 Å². The van der Waals surface area contributed by atoms with Gasteiger partial charge in [0.2, 0.25) is 0 Å². The van der Waals surface area contributed by atoms with Crippen LogP contribution in [0.5, 0.6) is 0 Å². The van der Waals surface area contributed by atoms with E-state index in [1.54, 1.807) is 4.68 Å². The smallest absolute Gasteiger partial charge is 0.269 e. The number of carbonyl (C=O) groups is 1. The Morgan fingerprint density at radius 3 is 2.76 bits per heavy atom. The minimum atomic E-state index is -1.16. The number of hydrogen-bond acceptors (Lipinski definition) is 6. The van der Waals surface area contributed by atoms with E-state index < -0.39 is 14.0 Å². The van der Waals surface area contributed by atoms with E-state index in [1.807, 2.05) is 23.0 Å². The van der Waals surface area contributed by atoms with Gasteiger partial charge in [-0.3, -0.25) is 9.48 Å². The number of hydrogen-bond donors (Lipinski definition) is 1. The van der Waals surface area contributed by atoms with Crippen LogP contribution >= 0.6 is 0 Å². The Labute approximate surface area is 200 Å². The molecule has 3 aromatic heterocycles. The van der Waals surface area contributed by atoms with E-state index >= 15 is 0 Å². The maximum absolute atomic E-state index is 12.3. The van der Waals surface area contributed by atoms with Gasteiger partial charge in [0.05, 0.1) is 29.8 Å². The Bertz CT molecular complexity index is 1200. The van der Waals surface area contributed by atoms with E-state index in [4.69, 9.17) is 10.5 Å². The van der Waals surface area contributed by atoms with Crippen molar-refractivity contribution in [2.24, 2.45) is 11.7 Å². The Morgan fingerprint density at radius 1 is 1.32 bits per heavy atom. The maximum atomic E-state index is 12.3. The lowest BCUT2D eigenvalue weighted by atomic mass is 9.96. The van der Waals surface area contributed by atoms with E-state index in [0.717, 1.165) is 42.8 Å². The van der Waals surface area contributed by atoms with Gasteiger partial charge in [-0.1, -0.05) is 32.5 Å². The molecule has 0 bridgehead atoms. The quantitative estimate of drug-likeness (QED) is 0.340. The highest BCUT2D eigenvalue weighted by Gasteiger charge is 2.29.